The Balaban J connectivity index is 1.92. The van der Waals surface area contributed by atoms with Crippen LogP contribution in [0.15, 0.2) is 36.9 Å². The zero-order chi connectivity index (χ0) is 22.2. The molecule has 2 aromatic rings. The summed E-state index contributed by atoms with van der Waals surface area (Å²) in [4.78, 5) is 0. The highest BCUT2D eigenvalue weighted by molar-refractivity contribution is 5.86. The highest BCUT2D eigenvalue weighted by atomic mass is 16.7. The molecule has 1 aliphatic carbocycles. The van der Waals surface area contributed by atoms with E-state index >= 15 is 0 Å². The monoisotopic (exact) mass is 422 g/mol. The minimum absolute atomic E-state index is 0.212. The minimum atomic E-state index is 0.212. The molecule has 0 atom stereocenters. The van der Waals surface area contributed by atoms with Crippen molar-refractivity contribution < 1.29 is 14.6 Å². The summed E-state index contributed by atoms with van der Waals surface area (Å²) >= 11 is 0. The van der Waals surface area contributed by atoms with E-state index in [0.29, 0.717) is 5.75 Å². The van der Waals surface area contributed by atoms with Gasteiger partial charge in [-0.1, -0.05) is 74.9 Å². The average Bonchev–Trinajstić information content (AvgIpc) is 2.74. The summed E-state index contributed by atoms with van der Waals surface area (Å²) in [5, 5.41) is 11.1. The van der Waals surface area contributed by atoms with E-state index in [1.54, 1.807) is 0 Å². The number of unbranched alkanes of at least 4 members (excludes halogenated alkanes) is 2. The van der Waals surface area contributed by atoms with Gasteiger partial charge in [-0.25, -0.2) is 0 Å². The molecule has 31 heavy (non-hydrogen) atoms. The molecule has 0 spiro atoms. The van der Waals surface area contributed by atoms with Crippen molar-refractivity contribution in [1.29, 1.82) is 0 Å². The molecular formula is C28H38O3. The van der Waals surface area contributed by atoms with Crippen LogP contribution < -0.4 is 4.74 Å². The summed E-state index contributed by atoms with van der Waals surface area (Å²) < 4.78 is 12.2. The number of benzene rings is 2. The van der Waals surface area contributed by atoms with E-state index in [4.69, 9.17) is 9.47 Å². The van der Waals surface area contributed by atoms with Gasteiger partial charge < -0.3 is 14.6 Å². The summed E-state index contributed by atoms with van der Waals surface area (Å²) in [5.74, 6) is 0.949. The van der Waals surface area contributed by atoms with Gasteiger partial charge in [0.1, 0.15) is 11.5 Å². The van der Waals surface area contributed by atoms with E-state index in [-0.39, 0.29) is 18.6 Å². The molecule has 2 aromatic carbocycles. The zero-order valence-electron chi connectivity index (χ0n) is 19.5. The molecule has 3 nitrogen and oxygen atoms in total. The molecule has 0 amide bonds. The van der Waals surface area contributed by atoms with E-state index in [2.05, 4.69) is 44.7 Å². The van der Waals surface area contributed by atoms with Crippen molar-refractivity contribution in [1.82, 2.24) is 0 Å². The van der Waals surface area contributed by atoms with E-state index in [9.17, 15) is 5.11 Å². The fourth-order valence-electron chi connectivity index (χ4n) is 4.43. The van der Waals surface area contributed by atoms with E-state index in [1.807, 2.05) is 13.0 Å². The summed E-state index contributed by atoms with van der Waals surface area (Å²) in [5.41, 5.74) is 5.91. The number of hydrogen-bond acceptors (Lipinski definition) is 3. The number of allylic oxidation sites excluding steroid dienone is 1. The molecule has 0 aliphatic heterocycles. The Labute approximate surface area is 188 Å². The quantitative estimate of drug-likeness (QED) is 0.313. The maximum Gasteiger partial charge on any atom is 0.189 e. The predicted molar refractivity (Wildman–Crippen MR) is 130 cm³/mol. The number of phenolic OH excluding ortho intramolecular Hbond substituents is 1. The smallest absolute Gasteiger partial charge is 0.189 e. The Hall–Kier alpha value is -2.26. The normalized spacial score (nSPS) is 14.5. The third-order valence-electron chi connectivity index (χ3n) is 6.18. The van der Waals surface area contributed by atoms with Crippen LogP contribution in [0.1, 0.15) is 81.9 Å². The fraction of sp³-hybridized carbons (Fsp3) is 0.500. The Morgan fingerprint density at radius 3 is 2.58 bits per heavy atom. The maximum absolute atomic E-state index is 11.1. The molecule has 0 radical (unpaired) electrons. The first-order valence-corrected chi connectivity index (χ1v) is 11.9. The van der Waals surface area contributed by atoms with Gasteiger partial charge in [0.05, 0.1) is 11.7 Å². The molecule has 0 aromatic heterocycles. The van der Waals surface area contributed by atoms with Gasteiger partial charge >= 0.3 is 0 Å². The third-order valence-corrected chi connectivity index (χ3v) is 6.18. The number of rotatable bonds is 10. The van der Waals surface area contributed by atoms with Crippen molar-refractivity contribution in [3.05, 3.63) is 53.6 Å². The highest BCUT2D eigenvalue weighted by Crippen LogP contribution is 2.43. The van der Waals surface area contributed by atoms with Gasteiger partial charge in [0.2, 0.25) is 0 Å². The van der Waals surface area contributed by atoms with Crippen molar-refractivity contribution >= 4 is 5.57 Å². The van der Waals surface area contributed by atoms with Gasteiger partial charge in [-0.15, -0.1) is 0 Å². The second kappa shape index (κ2) is 11.4. The van der Waals surface area contributed by atoms with Crippen molar-refractivity contribution in [2.24, 2.45) is 0 Å². The van der Waals surface area contributed by atoms with Gasteiger partial charge in [0.25, 0.3) is 0 Å². The Kier molecular flexibility index (Phi) is 8.60. The van der Waals surface area contributed by atoms with Crippen LogP contribution in [-0.4, -0.2) is 18.0 Å². The van der Waals surface area contributed by atoms with Gasteiger partial charge in [0.15, 0.2) is 6.79 Å². The average molecular weight is 423 g/mol. The maximum atomic E-state index is 11.1. The lowest BCUT2D eigenvalue weighted by Gasteiger charge is -2.23. The number of hydrogen-bond donors (Lipinski definition) is 1. The lowest BCUT2D eigenvalue weighted by Crippen LogP contribution is -2.19. The van der Waals surface area contributed by atoms with Gasteiger partial charge in [0, 0.05) is 0 Å². The molecular weight excluding hydrogens is 384 g/mol. The second-order valence-corrected chi connectivity index (χ2v) is 8.96. The molecule has 168 valence electrons. The summed E-state index contributed by atoms with van der Waals surface area (Å²) in [6, 6.07) is 10.2. The van der Waals surface area contributed by atoms with Crippen molar-refractivity contribution in [3.8, 4) is 22.6 Å². The number of phenols is 1. The van der Waals surface area contributed by atoms with Crippen LogP contribution in [0.3, 0.4) is 0 Å². The Morgan fingerprint density at radius 2 is 1.87 bits per heavy atom. The molecule has 1 N–H and O–H groups in total. The molecule has 1 fully saturated rings. The molecule has 0 heterocycles. The number of ether oxygens (including phenoxy) is 2. The van der Waals surface area contributed by atoms with Gasteiger partial charge in [-0.2, -0.15) is 0 Å². The molecule has 0 bridgehead atoms. The second-order valence-electron chi connectivity index (χ2n) is 8.96. The Bertz CT molecular complexity index is 878. The van der Waals surface area contributed by atoms with E-state index in [0.717, 1.165) is 59.1 Å². The zero-order valence-corrected chi connectivity index (χ0v) is 19.5. The fourth-order valence-corrected chi connectivity index (χ4v) is 4.43. The number of aromatic hydroxyl groups is 1. The largest absolute Gasteiger partial charge is 0.507 e. The van der Waals surface area contributed by atoms with Crippen LogP contribution >= 0.6 is 0 Å². The molecule has 1 aliphatic rings. The van der Waals surface area contributed by atoms with Gasteiger partial charge in [-0.05, 0) is 68.4 Å². The van der Waals surface area contributed by atoms with Crippen molar-refractivity contribution in [3.63, 3.8) is 0 Å². The molecule has 0 saturated heterocycles. The number of aryl methyl sites for hydroxylation is 2. The first kappa shape index (κ1) is 23.4. The highest BCUT2D eigenvalue weighted by Gasteiger charge is 2.19. The van der Waals surface area contributed by atoms with Crippen molar-refractivity contribution in [2.75, 3.05) is 6.79 Å². The molecule has 0 unspecified atom stereocenters. The molecule has 3 rings (SSSR count). The third kappa shape index (κ3) is 6.36. The standard InChI is InChI=1S/C28H38O3/c1-5-6-8-11-22-17-26(29)28(25-16-21(4)14-15-24(25)20(2)3)27(18-22)31-19-30-23-12-9-7-10-13-23/h14-18,23,29H,2,5-13,19H2,1,3-4H3. The summed E-state index contributed by atoms with van der Waals surface area (Å²) in [7, 11) is 0. The predicted octanol–water partition coefficient (Wildman–Crippen LogP) is 7.82. The van der Waals surface area contributed by atoms with Crippen LogP contribution in [0.2, 0.25) is 0 Å². The van der Waals surface area contributed by atoms with Crippen molar-refractivity contribution in [2.45, 2.75) is 84.7 Å². The Morgan fingerprint density at radius 1 is 1.10 bits per heavy atom. The molecule has 1 saturated carbocycles. The lowest BCUT2D eigenvalue weighted by atomic mass is 9.91. The molecule has 3 heteroatoms. The first-order chi connectivity index (χ1) is 15.0. The summed E-state index contributed by atoms with van der Waals surface area (Å²) in [6.45, 7) is 10.6. The van der Waals surface area contributed by atoms with Crippen LogP contribution in [0.25, 0.3) is 16.7 Å². The van der Waals surface area contributed by atoms with Gasteiger partial charge in [-0.3, -0.25) is 0 Å². The van der Waals surface area contributed by atoms with E-state index < -0.39 is 0 Å². The minimum Gasteiger partial charge on any atom is -0.507 e. The SMILES string of the molecule is C=C(C)c1ccc(C)cc1-c1c(O)cc(CCCCC)cc1OCOC1CCCCC1. The summed E-state index contributed by atoms with van der Waals surface area (Å²) in [6.07, 6.45) is 10.7. The van der Waals surface area contributed by atoms with Crippen LogP contribution in [0, 0.1) is 6.92 Å². The van der Waals surface area contributed by atoms with E-state index in [1.165, 1.54) is 32.1 Å². The van der Waals surface area contributed by atoms with Crippen LogP contribution in [0.4, 0.5) is 0 Å². The van der Waals surface area contributed by atoms with Crippen LogP contribution in [-0.2, 0) is 11.2 Å². The topological polar surface area (TPSA) is 38.7 Å². The lowest BCUT2D eigenvalue weighted by molar-refractivity contribution is -0.0495. The van der Waals surface area contributed by atoms with Crippen LogP contribution in [0.5, 0.6) is 11.5 Å². The first-order valence-electron chi connectivity index (χ1n) is 11.9.